The summed E-state index contributed by atoms with van der Waals surface area (Å²) in [6, 6.07) is 5.71. The Bertz CT molecular complexity index is 306. The van der Waals surface area contributed by atoms with E-state index in [1.165, 1.54) is 0 Å². The number of hydrogen-bond acceptors (Lipinski definition) is 3. The molecule has 0 N–H and O–H groups in total. The second-order valence-electron chi connectivity index (χ2n) is 2.76. The van der Waals surface area contributed by atoms with Gasteiger partial charge < -0.3 is 9.47 Å². The van der Waals surface area contributed by atoms with Crippen molar-refractivity contribution >= 4 is 6.08 Å². The monoisotopic (exact) mass is 207 g/mol. The molecule has 82 valence electrons. The minimum Gasteiger partial charge on any atom is -0.345 e. The fraction of sp³-hybridized carbons (Fsp3) is 0.417. The van der Waals surface area contributed by atoms with Gasteiger partial charge in [-0.25, -0.2) is 4.98 Å². The van der Waals surface area contributed by atoms with Gasteiger partial charge in [0.25, 0.3) is 0 Å². The van der Waals surface area contributed by atoms with E-state index < -0.39 is 0 Å². The van der Waals surface area contributed by atoms with Gasteiger partial charge in [-0.05, 0) is 18.2 Å². The molecule has 0 aromatic carbocycles. The van der Waals surface area contributed by atoms with Crippen LogP contribution in [-0.2, 0) is 9.47 Å². The Labute approximate surface area is 90.7 Å². The molecule has 0 saturated carbocycles. The lowest BCUT2D eigenvalue weighted by atomic mass is 10.3. The first kappa shape index (κ1) is 11.9. The maximum atomic E-state index is 5.32. The van der Waals surface area contributed by atoms with Gasteiger partial charge in [0.15, 0.2) is 0 Å². The van der Waals surface area contributed by atoms with Crippen LogP contribution in [0.15, 0.2) is 24.8 Å². The van der Waals surface area contributed by atoms with Crippen molar-refractivity contribution in [2.24, 2.45) is 0 Å². The first-order valence-corrected chi connectivity index (χ1v) is 5.23. The molecule has 0 unspecified atom stereocenters. The minimum atomic E-state index is -0.292. The molecule has 1 aromatic rings. The van der Waals surface area contributed by atoms with Gasteiger partial charge >= 0.3 is 0 Å². The van der Waals surface area contributed by atoms with E-state index in [2.05, 4.69) is 11.6 Å². The van der Waals surface area contributed by atoms with Gasteiger partial charge in [0, 0.05) is 0 Å². The van der Waals surface area contributed by atoms with Crippen LogP contribution in [0.5, 0.6) is 0 Å². The number of nitrogens with zero attached hydrogens (tertiary/aromatic N) is 1. The predicted molar refractivity (Wildman–Crippen MR) is 60.3 cm³/mol. The van der Waals surface area contributed by atoms with Crippen LogP contribution >= 0.6 is 0 Å². The second kappa shape index (κ2) is 6.32. The summed E-state index contributed by atoms with van der Waals surface area (Å²) in [7, 11) is 0. The molecule has 1 saturated heterocycles. The van der Waals surface area contributed by atoms with Crippen LogP contribution in [0.25, 0.3) is 6.08 Å². The molecular weight excluding hydrogens is 190 g/mol. The molecule has 15 heavy (non-hydrogen) atoms. The zero-order valence-corrected chi connectivity index (χ0v) is 9.27. The van der Waals surface area contributed by atoms with Crippen LogP contribution in [0.2, 0.25) is 0 Å². The summed E-state index contributed by atoms with van der Waals surface area (Å²) in [6.45, 7) is 8.94. The third kappa shape index (κ3) is 3.15. The molecule has 2 rings (SSSR count). The fourth-order valence-electron chi connectivity index (χ4n) is 1.24. The average Bonchev–Trinajstić information content (AvgIpc) is 2.85. The fourth-order valence-corrected chi connectivity index (χ4v) is 1.24. The maximum absolute atomic E-state index is 5.32. The van der Waals surface area contributed by atoms with Gasteiger partial charge in [-0.3, -0.25) is 0 Å². The van der Waals surface area contributed by atoms with Crippen LogP contribution in [0, 0.1) is 0 Å². The van der Waals surface area contributed by atoms with Gasteiger partial charge in [0.1, 0.15) is 0 Å². The topological polar surface area (TPSA) is 31.4 Å². The van der Waals surface area contributed by atoms with Crippen LogP contribution in [-0.4, -0.2) is 18.2 Å². The maximum Gasteiger partial charge on any atom is 0.201 e. The summed E-state index contributed by atoms with van der Waals surface area (Å²) in [6.07, 6.45) is 1.42. The van der Waals surface area contributed by atoms with Crippen molar-refractivity contribution in [2.75, 3.05) is 13.2 Å². The Hall–Kier alpha value is -1.19. The third-order valence-electron chi connectivity index (χ3n) is 1.86. The molecule has 1 aliphatic rings. The van der Waals surface area contributed by atoms with Crippen molar-refractivity contribution < 1.29 is 9.47 Å². The van der Waals surface area contributed by atoms with Crippen molar-refractivity contribution in [2.45, 2.75) is 20.1 Å². The lowest BCUT2D eigenvalue weighted by Crippen LogP contribution is -2.01. The highest BCUT2D eigenvalue weighted by Crippen LogP contribution is 2.21. The number of pyridine rings is 1. The highest BCUT2D eigenvalue weighted by atomic mass is 16.7. The summed E-state index contributed by atoms with van der Waals surface area (Å²) in [4.78, 5) is 4.31. The van der Waals surface area contributed by atoms with E-state index >= 15 is 0 Å². The summed E-state index contributed by atoms with van der Waals surface area (Å²) in [5, 5.41) is 0. The lowest BCUT2D eigenvalue weighted by molar-refractivity contribution is -0.0473. The van der Waals surface area contributed by atoms with Gasteiger partial charge in [-0.15, -0.1) is 0 Å². The Morgan fingerprint density at radius 2 is 2.00 bits per heavy atom. The molecule has 0 radical (unpaired) electrons. The Morgan fingerprint density at radius 1 is 1.33 bits per heavy atom. The van der Waals surface area contributed by atoms with Crippen molar-refractivity contribution in [3.05, 3.63) is 36.2 Å². The molecule has 1 aliphatic heterocycles. The first-order valence-electron chi connectivity index (χ1n) is 5.23. The minimum absolute atomic E-state index is 0.292. The second-order valence-corrected chi connectivity index (χ2v) is 2.76. The van der Waals surface area contributed by atoms with E-state index in [1.807, 2.05) is 32.0 Å². The molecule has 3 heteroatoms. The Morgan fingerprint density at radius 3 is 2.60 bits per heavy atom. The molecule has 3 nitrogen and oxygen atoms in total. The van der Waals surface area contributed by atoms with Crippen molar-refractivity contribution in [1.29, 1.82) is 0 Å². The van der Waals surface area contributed by atoms with E-state index in [1.54, 1.807) is 6.08 Å². The normalized spacial score (nSPS) is 15.6. The molecule has 0 atom stereocenters. The van der Waals surface area contributed by atoms with E-state index in [4.69, 9.17) is 9.47 Å². The molecule has 0 amide bonds. The van der Waals surface area contributed by atoms with Crippen LogP contribution in [0.4, 0.5) is 0 Å². The van der Waals surface area contributed by atoms with Crippen LogP contribution < -0.4 is 0 Å². The van der Waals surface area contributed by atoms with Crippen LogP contribution in [0.1, 0.15) is 31.5 Å². The zero-order valence-electron chi connectivity index (χ0n) is 9.27. The molecule has 1 aromatic heterocycles. The first-order chi connectivity index (χ1) is 7.40. The molecule has 0 aliphatic carbocycles. The largest absolute Gasteiger partial charge is 0.345 e. The molecular formula is C12H17NO2. The quantitative estimate of drug-likeness (QED) is 0.747. The van der Waals surface area contributed by atoms with Crippen molar-refractivity contribution in [1.82, 2.24) is 4.98 Å². The van der Waals surface area contributed by atoms with Gasteiger partial charge in [-0.2, -0.15) is 0 Å². The van der Waals surface area contributed by atoms with Crippen molar-refractivity contribution in [3.8, 4) is 0 Å². The van der Waals surface area contributed by atoms with Crippen LogP contribution in [0.3, 0.4) is 0 Å². The highest BCUT2D eigenvalue weighted by Gasteiger charge is 2.19. The van der Waals surface area contributed by atoms with Gasteiger partial charge in [0.2, 0.25) is 6.29 Å². The summed E-state index contributed by atoms with van der Waals surface area (Å²) < 4.78 is 10.6. The SMILES string of the molecule is C=Cc1cccc(C2OCCO2)n1.CC. The highest BCUT2D eigenvalue weighted by molar-refractivity contribution is 5.41. The van der Waals surface area contributed by atoms with Gasteiger partial charge in [-0.1, -0.05) is 26.5 Å². The number of rotatable bonds is 2. The third-order valence-corrected chi connectivity index (χ3v) is 1.86. The molecule has 0 spiro atoms. The number of aromatic nitrogens is 1. The van der Waals surface area contributed by atoms with Crippen molar-refractivity contribution in [3.63, 3.8) is 0 Å². The Balaban J connectivity index is 0.000000531. The summed E-state index contributed by atoms with van der Waals surface area (Å²) >= 11 is 0. The van der Waals surface area contributed by atoms with Gasteiger partial charge in [0.05, 0.1) is 24.6 Å². The molecule has 0 bridgehead atoms. The summed E-state index contributed by atoms with van der Waals surface area (Å²) in [5.41, 5.74) is 1.66. The Kier molecular flexibility index (Phi) is 5.01. The number of ether oxygens (including phenoxy) is 2. The van der Waals surface area contributed by atoms with E-state index in [9.17, 15) is 0 Å². The number of hydrogen-bond donors (Lipinski definition) is 0. The summed E-state index contributed by atoms with van der Waals surface area (Å²) in [5.74, 6) is 0. The van der Waals surface area contributed by atoms with E-state index in [-0.39, 0.29) is 6.29 Å². The smallest absolute Gasteiger partial charge is 0.201 e. The van der Waals surface area contributed by atoms with E-state index in [0.29, 0.717) is 13.2 Å². The average molecular weight is 207 g/mol. The standard InChI is InChI=1S/C10H11NO2.C2H6/c1-2-8-4-3-5-9(11-8)10-12-6-7-13-10;1-2/h2-5,10H,1,6-7H2;1-2H3. The van der Waals surface area contributed by atoms with E-state index in [0.717, 1.165) is 11.4 Å². The molecule has 1 fully saturated rings. The predicted octanol–water partition coefficient (Wildman–Crippen LogP) is 2.80. The lowest BCUT2D eigenvalue weighted by Gasteiger charge is -2.07. The zero-order chi connectivity index (χ0) is 11.1. The molecule has 2 heterocycles.